The minimum absolute atomic E-state index is 0.196. The fraction of sp³-hybridized carbons (Fsp3) is 0.538. The molecule has 1 aliphatic rings. The summed E-state index contributed by atoms with van der Waals surface area (Å²) in [7, 11) is 0. The Morgan fingerprint density at radius 3 is 2.75 bits per heavy atom. The number of anilines is 1. The lowest BCUT2D eigenvalue weighted by atomic mass is 10.3. The van der Waals surface area contributed by atoms with Crippen molar-refractivity contribution in [3.05, 3.63) is 23.7 Å². The van der Waals surface area contributed by atoms with Crippen molar-refractivity contribution in [1.82, 2.24) is 24.7 Å². The van der Waals surface area contributed by atoms with Crippen molar-refractivity contribution in [2.45, 2.75) is 32.7 Å². The van der Waals surface area contributed by atoms with Crippen LogP contribution in [0.25, 0.3) is 5.95 Å². The third-order valence-corrected chi connectivity index (χ3v) is 3.49. The highest BCUT2D eigenvalue weighted by Crippen LogP contribution is 2.31. The zero-order valence-electron chi connectivity index (χ0n) is 11.6. The van der Waals surface area contributed by atoms with Crippen molar-refractivity contribution >= 4 is 17.5 Å². The second-order valence-electron chi connectivity index (χ2n) is 5.34. The van der Waals surface area contributed by atoms with E-state index in [1.807, 2.05) is 6.07 Å². The zero-order valence-corrected chi connectivity index (χ0v) is 12.3. The van der Waals surface area contributed by atoms with Crippen LogP contribution in [0.3, 0.4) is 0 Å². The molecule has 0 atom stereocenters. The molecule has 0 radical (unpaired) electrons. The molecule has 2 aromatic rings. The second kappa shape index (κ2) is 5.36. The molecule has 0 amide bonds. The second-order valence-corrected chi connectivity index (χ2v) is 5.68. The Labute approximate surface area is 122 Å². The summed E-state index contributed by atoms with van der Waals surface area (Å²) in [6.07, 6.45) is 6.04. The number of hydrogen-bond acceptors (Lipinski definition) is 5. The van der Waals surface area contributed by atoms with E-state index in [2.05, 4.69) is 38.8 Å². The molecule has 20 heavy (non-hydrogen) atoms. The molecule has 6 nitrogen and oxygen atoms in total. The maximum atomic E-state index is 6.04. The fourth-order valence-electron chi connectivity index (χ4n) is 2.05. The van der Waals surface area contributed by atoms with Crippen LogP contribution in [0.15, 0.2) is 18.5 Å². The van der Waals surface area contributed by atoms with Crippen LogP contribution in [-0.4, -0.2) is 37.3 Å². The summed E-state index contributed by atoms with van der Waals surface area (Å²) in [5, 5.41) is 4.33. The van der Waals surface area contributed by atoms with Crippen LogP contribution in [-0.2, 0) is 0 Å². The third kappa shape index (κ3) is 2.90. The Balaban J connectivity index is 1.94. The van der Waals surface area contributed by atoms with E-state index in [-0.39, 0.29) is 5.28 Å². The third-order valence-electron chi connectivity index (χ3n) is 3.33. The predicted molar refractivity (Wildman–Crippen MR) is 77.2 cm³/mol. The maximum absolute atomic E-state index is 6.04. The molecule has 2 aromatic heterocycles. The molecule has 3 rings (SSSR count). The van der Waals surface area contributed by atoms with E-state index in [1.54, 1.807) is 17.1 Å². The molecular formula is C13H17ClN6. The van der Waals surface area contributed by atoms with Gasteiger partial charge in [0.05, 0.1) is 0 Å². The lowest BCUT2D eigenvalue weighted by Gasteiger charge is -2.26. The number of nitrogens with zero attached hydrogens (tertiary/aromatic N) is 6. The molecule has 7 heteroatoms. The number of halogens is 1. The Morgan fingerprint density at radius 1 is 1.35 bits per heavy atom. The van der Waals surface area contributed by atoms with Crippen molar-refractivity contribution < 1.29 is 0 Å². The SMILES string of the molecule is CC(C)N(CC1CC1)c1nc(Cl)nc(-n2cccn2)n1. The van der Waals surface area contributed by atoms with Gasteiger partial charge in [-0.1, -0.05) is 0 Å². The predicted octanol–water partition coefficient (Wildman–Crippen LogP) is 2.34. The maximum Gasteiger partial charge on any atom is 0.256 e. The molecule has 0 unspecified atom stereocenters. The van der Waals surface area contributed by atoms with Crippen LogP contribution >= 0.6 is 11.6 Å². The Bertz CT molecular complexity index is 579. The van der Waals surface area contributed by atoms with E-state index in [1.165, 1.54) is 12.8 Å². The molecule has 0 N–H and O–H groups in total. The van der Waals surface area contributed by atoms with Crippen LogP contribution < -0.4 is 4.90 Å². The van der Waals surface area contributed by atoms with Crippen LogP contribution in [0, 0.1) is 5.92 Å². The van der Waals surface area contributed by atoms with Crippen molar-refractivity contribution in [3.8, 4) is 5.95 Å². The van der Waals surface area contributed by atoms with E-state index < -0.39 is 0 Å². The Hall–Kier alpha value is -1.69. The van der Waals surface area contributed by atoms with Crippen molar-refractivity contribution in [1.29, 1.82) is 0 Å². The van der Waals surface area contributed by atoms with Gasteiger partial charge in [0.25, 0.3) is 5.95 Å². The molecule has 0 spiro atoms. The first-order chi connectivity index (χ1) is 9.63. The minimum Gasteiger partial charge on any atom is -0.338 e. The molecule has 0 saturated heterocycles. The first kappa shape index (κ1) is 13.3. The molecule has 1 fully saturated rings. The first-order valence-corrected chi connectivity index (χ1v) is 7.19. The normalized spacial score (nSPS) is 14.8. The minimum atomic E-state index is 0.196. The van der Waals surface area contributed by atoms with Crippen LogP contribution in [0.1, 0.15) is 26.7 Å². The quantitative estimate of drug-likeness (QED) is 0.846. The smallest absolute Gasteiger partial charge is 0.256 e. The summed E-state index contributed by atoms with van der Waals surface area (Å²) in [5.41, 5.74) is 0. The van der Waals surface area contributed by atoms with Gasteiger partial charge in [-0.05, 0) is 50.3 Å². The van der Waals surface area contributed by atoms with Crippen LogP contribution in [0.2, 0.25) is 5.28 Å². The van der Waals surface area contributed by atoms with Crippen LogP contribution in [0.4, 0.5) is 5.95 Å². The average molecular weight is 293 g/mol. The molecular weight excluding hydrogens is 276 g/mol. The number of rotatable bonds is 5. The summed E-state index contributed by atoms with van der Waals surface area (Å²) < 4.78 is 1.59. The molecule has 0 bridgehead atoms. The summed E-state index contributed by atoms with van der Waals surface area (Å²) in [5.74, 6) is 1.82. The highest BCUT2D eigenvalue weighted by Gasteiger charge is 2.27. The first-order valence-electron chi connectivity index (χ1n) is 6.81. The van der Waals surface area contributed by atoms with Gasteiger partial charge in [-0.15, -0.1) is 0 Å². The summed E-state index contributed by atoms with van der Waals surface area (Å²) >= 11 is 6.04. The largest absolute Gasteiger partial charge is 0.338 e. The van der Waals surface area contributed by atoms with E-state index in [9.17, 15) is 0 Å². The van der Waals surface area contributed by atoms with Gasteiger partial charge < -0.3 is 4.90 Å². The lowest BCUT2D eigenvalue weighted by Crippen LogP contribution is -2.34. The Morgan fingerprint density at radius 2 is 2.15 bits per heavy atom. The molecule has 0 aromatic carbocycles. The topological polar surface area (TPSA) is 59.7 Å². The molecule has 1 aliphatic carbocycles. The van der Waals surface area contributed by atoms with Crippen molar-refractivity contribution in [2.24, 2.45) is 5.92 Å². The van der Waals surface area contributed by atoms with Gasteiger partial charge in [0, 0.05) is 25.0 Å². The molecule has 0 aliphatic heterocycles. The van der Waals surface area contributed by atoms with Gasteiger partial charge in [-0.3, -0.25) is 0 Å². The van der Waals surface area contributed by atoms with Gasteiger partial charge in [-0.2, -0.15) is 20.1 Å². The summed E-state index contributed by atoms with van der Waals surface area (Å²) in [6.45, 7) is 5.23. The van der Waals surface area contributed by atoms with Crippen molar-refractivity contribution in [2.75, 3.05) is 11.4 Å². The average Bonchev–Trinajstić information content (AvgIpc) is 3.05. The van der Waals surface area contributed by atoms with E-state index in [4.69, 9.17) is 11.6 Å². The molecule has 1 saturated carbocycles. The summed E-state index contributed by atoms with van der Waals surface area (Å²) in [6, 6.07) is 2.14. The number of hydrogen-bond donors (Lipinski definition) is 0. The highest BCUT2D eigenvalue weighted by atomic mass is 35.5. The Kier molecular flexibility index (Phi) is 3.56. The van der Waals surface area contributed by atoms with E-state index in [0.717, 1.165) is 12.5 Å². The van der Waals surface area contributed by atoms with E-state index in [0.29, 0.717) is 17.9 Å². The van der Waals surface area contributed by atoms with Crippen LogP contribution in [0.5, 0.6) is 0 Å². The molecule has 2 heterocycles. The van der Waals surface area contributed by atoms with Gasteiger partial charge in [0.2, 0.25) is 11.2 Å². The summed E-state index contributed by atoms with van der Waals surface area (Å²) in [4.78, 5) is 15.1. The van der Waals surface area contributed by atoms with Crippen molar-refractivity contribution in [3.63, 3.8) is 0 Å². The standard InChI is InChI=1S/C13H17ClN6/c1-9(2)19(8-10-4-5-10)12-16-11(14)17-13(18-12)20-7-3-6-15-20/h3,6-7,9-10H,4-5,8H2,1-2H3. The van der Waals surface area contributed by atoms with Gasteiger partial charge in [0.1, 0.15) is 0 Å². The number of aromatic nitrogens is 5. The molecule has 106 valence electrons. The zero-order chi connectivity index (χ0) is 14.1. The van der Waals surface area contributed by atoms with E-state index >= 15 is 0 Å². The monoisotopic (exact) mass is 292 g/mol. The highest BCUT2D eigenvalue weighted by molar-refractivity contribution is 6.28. The lowest BCUT2D eigenvalue weighted by molar-refractivity contribution is 0.621. The van der Waals surface area contributed by atoms with Gasteiger partial charge in [0.15, 0.2) is 0 Å². The van der Waals surface area contributed by atoms with Gasteiger partial charge >= 0.3 is 0 Å². The van der Waals surface area contributed by atoms with Gasteiger partial charge in [-0.25, -0.2) is 4.68 Å². The fourth-order valence-corrected chi connectivity index (χ4v) is 2.20.